The van der Waals surface area contributed by atoms with Crippen molar-refractivity contribution in [2.75, 3.05) is 0 Å². The zero-order valence-electron chi connectivity index (χ0n) is 33.3. The fraction of sp³-hybridized carbons (Fsp3) is 0.0755. The number of allylic oxidation sites excluding steroid dienone is 1. The Morgan fingerprint density at radius 2 is 1.20 bits per heavy atom. The standard InChI is InChI=1S/C53H37N5S2/c1-5-35(52-57-49(31-17-9-7-10-18-31)56-50(58-52)32-19-11-8-12-20-32)45-38-28-25-33(30-44(38)59-42(45)6-2)46-48-47(39-22-14-16-24-43(39)60-48)55-51(54-46)34-26-27-37-36-21-13-15-23-40(36)53(3,4)41(37)29-34/h5-30H,2H2,1,3-4H3/b35-5+. The number of nitrogens with zero attached hydrogens (tertiary/aromatic N) is 5. The van der Waals surface area contributed by atoms with Gasteiger partial charge in [0.25, 0.3) is 0 Å². The first-order valence-electron chi connectivity index (χ1n) is 20.1. The number of fused-ring (bicyclic) bond motifs is 7. The Bertz CT molecular complexity index is 3320. The van der Waals surface area contributed by atoms with Gasteiger partial charge in [-0.25, -0.2) is 24.9 Å². The van der Waals surface area contributed by atoms with Crippen LogP contribution in [0, 0.1) is 0 Å². The molecule has 0 fully saturated rings. The fourth-order valence-electron chi connectivity index (χ4n) is 8.76. The second kappa shape index (κ2) is 14.1. The molecular formula is C53H37N5S2. The summed E-state index contributed by atoms with van der Waals surface area (Å²) in [6.45, 7) is 11.0. The molecule has 1 aliphatic carbocycles. The maximum atomic E-state index is 5.44. The molecule has 0 atom stereocenters. The summed E-state index contributed by atoms with van der Waals surface area (Å²) in [7, 11) is 0. The first-order valence-corrected chi connectivity index (χ1v) is 21.7. The summed E-state index contributed by atoms with van der Waals surface area (Å²) in [5, 5.41) is 2.25. The van der Waals surface area contributed by atoms with Crippen LogP contribution in [0.5, 0.6) is 0 Å². The molecule has 0 saturated carbocycles. The normalized spacial score (nSPS) is 13.2. The Morgan fingerprint density at radius 1 is 0.550 bits per heavy atom. The van der Waals surface area contributed by atoms with Crippen molar-refractivity contribution in [1.29, 1.82) is 0 Å². The first-order chi connectivity index (χ1) is 29.4. The van der Waals surface area contributed by atoms with Gasteiger partial charge in [-0.3, -0.25) is 0 Å². The molecule has 0 unspecified atom stereocenters. The van der Waals surface area contributed by atoms with E-state index in [1.54, 1.807) is 22.7 Å². The lowest BCUT2D eigenvalue weighted by molar-refractivity contribution is 0.660. The lowest BCUT2D eigenvalue weighted by atomic mass is 9.82. The van der Waals surface area contributed by atoms with Gasteiger partial charge < -0.3 is 0 Å². The summed E-state index contributed by atoms with van der Waals surface area (Å²) >= 11 is 3.47. The highest BCUT2D eigenvalue weighted by Crippen LogP contribution is 2.50. The molecule has 5 nitrogen and oxygen atoms in total. The van der Waals surface area contributed by atoms with Gasteiger partial charge in [0.2, 0.25) is 0 Å². The summed E-state index contributed by atoms with van der Waals surface area (Å²) in [6, 6.07) is 51.0. The molecule has 10 aromatic rings. The quantitative estimate of drug-likeness (QED) is 0.160. The minimum absolute atomic E-state index is 0.131. The average molecular weight is 808 g/mol. The first kappa shape index (κ1) is 36.2. The van der Waals surface area contributed by atoms with Crippen molar-refractivity contribution in [2.24, 2.45) is 0 Å². The third kappa shape index (κ3) is 5.76. The highest BCUT2D eigenvalue weighted by atomic mass is 32.1. The Hall–Kier alpha value is -6.93. The maximum Gasteiger partial charge on any atom is 0.164 e. The van der Waals surface area contributed by atoms with E-state index in [-0.39, 0.29) is 5.41 Å². The monoisotopic (exact) mass is 807 g/mol. The van der Waals surface area contributed by atoms with Crippen molar-refractivity contribution in [3.63, 3.8) is 0 Å². The molecule has 0 spiro atoms. The van der Waals surface area contributed by atoms with E-state index in [0.29, 0.717) is 17.5 Å². The molecule has 4 aromatic heterocycles. The van der Waals surface area contributed by atoms with E-state index in [1.165, 1.54) is 27.0 Å². The van der Waals surface area contributed by atoms with Crippen LogP contribution >= 0.6 is 22.7 Å². The Balaban J connectivity index is 1.07. The van der Waals surface area contributed by atoms with Gasteiger partial charge in [-0.15, -0.1) is 22.7 Å². The van der Waals surface area contributed by atoms with E-state index in [4.69, 9.17) is 24.9 Å². The largest absolute Gasteiger partial charge is 0.226 e. The molecule has 0 amide bonds. The zero-order chi connectivity index (χ0) is 40.5. The van der Waals surface area contributed by atoms with Crippen LogP contribution in [-0.4, -0.2) is 24.9 Å². The van der Waals surface area contributed by atoms with Gasteiger partial charge in [-0.05, 0) is 47.4 Å². The third-order valence-electron chi connectivity index (χ3n) is 11.7. The Kier molecular flexibility index (Phi) is 8.51. The molecule has 286 valence electrons. The van der Waals surface area contributed by atoms with Crippen LogP contribution in [0.25, 0.3) is 98.6 Å². The van der Waals surface area contributed by atoms with Gasteiger partial charge in [0, 0.05) is 63.9 Å². The second-order valence-corrected chi connectivity index (χ2v) is 17.7. The van der Waals surface area contributed by atoms with Crippen molar-refractivity contribution in [2.45, 2.75) is 26.2 Å². The molecule has 0 bridgehead atoms. The van der Waals surface area contributed by atoms with E-state index in [1.807, 2.05) is 73.7 Å². The van der Waals surface area contributed by atoms with Gasteiger partial charge in [0.15, 0.2) is 23.3 Å². The number of rotatable bonds is 7. The summed E-state index contributed by atoms with van der Waals surface area (Å²) < 4.78 is 3.40. The molecule has 4 heterocycles. The van der Waals surface area contributed by atoms with Crippen molar-refractivity contribution in [1.82, 2.24) is 24.9 Å². The van der Waals surface area contributed by atoms with Crippen LogP contribution in [0.2, 0.25) is 0 Å². The van der Waals surface area contributed by atoms with Crippen molar-refractivity contribution >= 4 is 64.7 Å². The molecule has 7 heteroatoms. The Labute approximate surface area is 356 Å². The number of hydrogen-bond acceptors (Lipinski definition) is 7. The highest BCUT2D eigenvalue weighted by Gasteiger charge is 2.35. The van der Waals surface area contributed by atoms with Crippen molar-refractivity contribution in [3.05, 3.63) is 186 Å². The average Bonchev–Trinajstić information content (AvgIpc) is 3.94. The van der Waals surface area contributed by atoms with Gasteiger partial charge in [-0.2, -0.15) is 0 Å². The van der Waals surface area contributed by atoms with Gasteiger partial charge >= 0.3 is 0 Å². The number of benzene rings is 6. The SMILES string of the molecule is C=Cc1sc2cc(-c3nc(-c4ccc5c(c4)C(C)(C)c4ccccc4-5)nc4c3sc3ccccc34)ccc2c1/C(=C\C)c1nc(-c2ccccc2)nc(-c2ccccc2)n1. The predicted molar refractivity (Wildman–Crippen MR) is 252 cm³/mol. The van der Waals surface area contributed by atoms with Gasteiger partial charge in [0.1, 0.15) is 0 Å². The van der Waals surface area contributed by atoms with Crippen LogP contribution in [0.3, 0.4) is 0 Å². The van der Waals surface area contributed by atoms with E-state index in [2.05, 4.69) is 111 Å². The van der Waals surface area contributed by atoms with Crippen molar-refractivity contribution in [3.8, 4) is 56.5 Å². The van der Waals surface area contributed by atoms with Gasteiger partial charge in [-0.1, -0.05) is 160 Å². The topological polar surface area (TPSA) is 64.5 Å². The second-order valence-electron chi connectivity index (χ2n) is 15.6. The van der Waals surface area contributed by atoms with Crippen LogP contribution in [0.4, 0.5) is 0 Å². The number of aromatic nitrogens is 5. The summed E-state index contributed by atoms with van der Waals surface area (Å²) in [5.74, 6) is 2.60. The van der Waals surface area contributed by atoms with Crippen LogP contribution in [0.1, 0.15) is 48.2 Å². The van der Waals surface area contributed by atoms with Crippen LogP contribution in [0.15, 0.2) is 158 Å². The van der Waals surface area contributed by atoms with Crippen LogP contribution < -0.4 is 0 Å². The van der Waals surface area contributed by atoms with E-state index in [9.17, 15) is 0 Å². The number of thiophene rings is 2. The van der Waals surface area contributed by atoms with E-state index < -0.39 is 0 Å². The molecule has 6 aromatic carbocycles. The van der Waals surface area contributed by atoms with Crippen LogP contribution in [-0.2, 0) is 5.41 Å². The smallest absolute Gasteiger partial charge is 0.164 e. The maximum absolute atomic E-state index is 5.44. The molecule has 0 N–H and O–H groups in total. The van der Waals surface area contributed by atoms with E-state index in [0.717, 1.165) is 75.5 Å². The summed E-state index contributed by atoms with van der Waals surface area (Å²) in [4.78, 5) is 27.0. The molecule has 0 radical (unpaired) electrons. The predicted octanol–water partition coefficient (Wildman–Crippen LogP) is 14.3. The summed E-state index contributed by atoms with van der Waals surface area (Å²) in [5.41, 5.74) is 12.9. The molecule has 60 heavy (non-hydrogen) atoms. The van der Waals surface area contributed by atoms with Gasteiger partial charge in [0.05, 0.1) is 15.9 Å². The minimum atomic E-state index is -0.131. The molecule has 0 aliphatic heterocycles. The lowest BCUT2D eigenvalue weighted by Gasteiger charge is -2.21. The number of hydrogen-bond donors (Lipinski definition) is 0. The molecule has 1 aliphatic rings. The third-order valence-corrected chi connectivity index (χ3v) is 14.1. The van der Waals surface area contributed by atoms with E-state index >= 15 is 0 Å². The van der Waals surface area contributed by atoms with Crippen molar-refractivity contribution < 1.29 is 0 Å². The lowest BCUT2D eigenvalue weighted by Crippen LogP contribution is -2.15. The zero-order valence-corrected chi connectivity index (χ0v) is 34.9. The molecular weight excluding hydrogens is 771 g/mol. The summed E-state index contributed by atoms with van der Waals surface area (Å²) in [6.07, 6.45) is 4.05. The Morgan fingerprint density at radius 3 is 1.93 bits per heavy atom. The highest BCUT2D eigenvalue weighted by molar-refractivity contribution is 7.26. The minimum Gasteiger partial charge on any atom is -0.226 e. The molecule has 0 saturated heterocycles. The fourth-order valence-corrected chi connectivity index (χ4v) is 11.0. The molecule has 11 rings (SSSR count).